The van der Waals surface area contributed by atoms with E-state index in [4.69, 9.17) is 5.11 Å². The van der Waals surface area contributed by atoms with Crippen molar-refractivity contribution in [1.29, 1.82) is 0 Å². The first kappa shape index (κ1) is 16.0. The summed E-state index contributed by atoms with van der Waals surface area (Å²) in [6.07, 6.45) is 1.24. The molecule has 0 radical (unpaired) electrons. The highest BCUT2D eigenvalue weighted by Gasteiger charge is 2.41. The lowest BCUT2D eigenvalue weighted by atomic mass is 9.95. The quantitative estimate of drug-likeness (QED) is 0.678. The monoisotopic (exact) mass is 271 g/mol. The van der Waals surface area contributed by atoms with Crippen LogP contribution in [-0.4, -0.2) is 34.7 Å². The van der Waals surface area contributed by atoms with Crippen molar-refractivity contribution in [2.45, 2.75) is 46.1 Å². The maximum Gasteiger partial charge on any atom is 0.307 e. The molecular weight excluding hydrogens is 246 g/mol. The Labute approximate surface area is 114 Å². The van der Waals surface area contributed by atoms with Gasteiger partial charge in [0.25, 0.3) is 0 Å². The summed E-state index contributed by atoms with van der Waals surface area (Å²) in [5, 5.41) is 21.5. The molecule has 5 nitrogen and oxygen atoms in total. The molecule has 1 rings (SSSR count). The van der Waals surface area contributed by atoms with E-state index in [2.05, 4.69) is 5.32 Å². The Kier molecular flexibility index (Phi) is 5.79. The zero-order valence-corrected chi connectivity index (χ0v) is 11.9. The Hall–Kier alpha value is -1.10. The van der Waals surface area contributed by atoms with Crippen molar-refractivity contribution in [3.05, 3.63) is 0 Å². The van der Waals surface area contributed by atoms with Crippen LogP contribution < -0.4 is 5.32 Å². The van der Waals surface area contributed by atoms with Gasteiger partial charge >= 0.3 is 5.97 Å². The molecule has 0 aliphatic heterocycles. The third-order valence-corrected chi connectivity index (χ3v) is 3.71. The second kappa shape index (κ2) is 6.89. The van der Waals surface area contributed by atoms with E-state index in [9.17, 15) is 14.7 Å². The minimum absolute atomic E-state index is 0.203. The summed E-state index contributed by atoms with van der Waals surface area (Å²) >= 11 is 0. The van der Waals surface area contributed by atoms with Crippen molar-refractivity contribution < 1.29 is 19.8 Å². The second-order valence-corrected chi connectivity index (χ2v) is 6.16. The molecular formula is C14H25NO4. The molecule has 1 aliphatic rings. The van der Waals surface area contributed by atoms with Crippen LogP contribution in [0.5, 0.6) is 0 Å². The fourth-order valence-electron chi connectivity index (χ4n) is 2.83. The molecule has 4 unspecified atom stereocenters. The molecule has 0 aromatic carbocycles. The van der Waals surface area contributed by atoms with Crippen LogP contribution in [0, 0.1) is 23.7 Å². The molecule has 4 atom stereocenters. The lowest BCUT2D eigenvalue weighted by Gasteiger charge is -2.18. The number of amides is 1. The maximum absolute atomic E-state index is 12.0. The predicted octanol–water partition coefficient (Wildman–Crippen LogP) is 1.26. The third kappa shape index (κ3) is 4.82. The summed E-state index contributed by atoms with van der Waals surface area (Å²) in [6, 6.07) is 0. The molecule has 1 aliphatic carbocycles. The van der Waals surface area contributed by atoms with E-state index in [0.717, 1.165) is 0 Å². The van der Waals surface area contributed by atoms with Gasteiger partial charge in [-0.2, -0.15) is 0 Å². The topological polar surface area (TPSA) is 86.6 Å². The lowest BCUT2D eigenvalue weighted by molar-refractivity contribution is -0.146. The van der Waals surface area contributed by atoms with Crippen molar-refractivity contribution in [1.82, 2.24) is 5.32 Å². The van der Waals surface area contributed by atoms with Crippen molar-refractivity contribution in [2.75, 3.05) is 6.54 Å². The molecule has 0 aromatic rings. The highest BCUT2D eigenvalue weighted by atomic mass is 16.4. The molecule has 1 fully saturated rings. The molecule has 1 saturated carbocycles. The van der Waals surface area contributed by atoms with Gasteiger partial charge in [-0.25, -0.2) is 0 Å². The van der Waals surface area contributed by atoms with Gasteiger partial charge in [0.15, 0.2) is 0 Å². The normalized spacial score (nSPS) is 28.4. The standard InChI is InChI=1S/C14H25NO4/c1-8(2)4-10(16)7-15-13(17)11-5-9(3)6-12(11)14(18)19/h8-12,16H,4-7H2,1-3H3,(H,15,17)(H,18,19). The molecule has 3 N–H and O–H groups in total. The number of rotatable bonds is 6. The summed E-state index contributed by atoms with van der Waals surface area (Å²) in [5.74, 6) is -1.55. The van der Waals surface area contributed by atoms with Crippen LogP contribution in [0.15, 0.2) is 0 Å². The van der Waals surface area contributed by atoms with Crippen LogP contribution in [0.1, 0.15) is 40.0 Å². The number of hydrogen-bond acceptors (Lipinski definition) is 3. The van der Waals surface area contributed by atoms with Gasteiger partial charge in [0, 0.05) is 6.54 Å². The van der Waals surface area contributed by atoms with Crippen molar-refractivity contribution in [3.63, 3.8) is 0 Å². The molecule has 5 heteroatoms. The number of nitrogens with one attached hydrogen (secondary N) is 1. The van der Waals surface area contributed by atoms with Crippen LogP contribution in [0.25, 0.3) is 0 Å². The number of aliphatic hydroxyl groups excluding tert-OH is 1. The molecule has 0 saturated heterocycles. The summed E-state index contributed by atoms with van der Waals surface area (Å²) in [6.45, 7) is 6.18. The first-order chi connectivity index (χ1) is 8.81. The van der Waals surface area contributed by atoms with Crippen LogP contribution in [0.2, 0.25) is 0 Å². The fourth-order valence-corrected chi connectivity index (χ4v) is 2.83. The van der Waals surface area contributed by atoms with Gasteiger partial charge in [0.05, 0.1) is 17.9 Å². The van der Waals surface area contributed by atoms with Crippen LogP contribution in [0.3, 0.4) is 0 Å². The molecule has 0 bridgehead atoms. The summed E-state index contributed by atoms with van der Waals surface area (Å²) < 4.78 is 0. The minimum atomic E-state index is -0.896. The largest absolute Gasteiger partial charge is 0.481 e. The summed E-state index contributed by atoms with van der Waals surface area (Å²) in [4.78, 5) is 23.1. The van der Waals surface area contributed by atoms with E-state index in [1.807, 2.05) is 20.8 Å². The Morgan fingerprint density at radius 2 is 1.84 bits per heavy atom. The van der Waals surface area contributed by atoms with Crippen molar-refractivity contribution in [2.24, 2.45) is 23.7 Å². The van der Waals surface area contributed by atoms with E-state index < -0.39 is 23.9 Å². The van der Waals surface area contributed by atoms with E-state index >= 15 is 0 Å². The minimum Gasteiger partial charge on any atom is -0.481 e. The van der Waals surface area contributed by atoms with E-state index in [0.29, 0.717) is 25.2 Å². The van der Waals surface area contributed by atoms with Gasteiger partial charge in [0.2, 0.25) is 5.91 Å². The van der Waals surface area contributed by atoms with Gasteiger partial charge in [-0.3, -0.25) is 9.59 Å². The number of carboxylic acids is 1. The van der Waals surface area contributed by atoms with Gasteiger partial charge in [-0.1, -0.05) is 20.8 Å². The molecule has 0 spiro atoms. The van der Waals surface area contributed by atoms with Gasteiger partial charge < -0.3 is 15.5 Å². The highest BCUT2D eigenvalue weighted by molar-refractivity contribution is 5.85. The smallest absolute Gasteiger partial charge is 0.307 e. The first-order valence-electron chi connectivity index (χ1n) is 6.99. The van der Waals surface area contributed by atoms with E-state index in [-0.39, 0.29) is 18.4 Å². The molecule has 110 valence electrons. The van der Waals surface area contributed by atoms with Crippen molar-refractivity contribution in [3.8, 4) is 0 Å². The number of carbonyl (C=O) groups excluding carboxylic acids is 1. The lowest BCUT2D eigenvalue weighted by Crippen LogP contribution is -2.39. The molecule has 0 heterocycles. The molecule has 0 aromatic heterocycles. The van der Waals surface area contributed by atoms with E-state index in [1.165, 1.54) is 0 Å². The Balaban J connectivity index is 2.46. The van der Waals surface area contributed by atoms with Crippen LogP contribution in [-0.2, 0) is 9.59 Å². The second-order valence-electron chi connectivity index (χ2n) is 6.16. The zero-order valence-electron chi connectivity index (χ0n) is 11.9. The fraction of sp³-hybridized carbons (Fsp3) is 0.857. The number of carboxylic acid groups (broad SMARTS) is 1. The highest BCUT2D eigenvalue weighted by Crippen LogP contribution is 2.36. The van der Waals surface area contributed by atoms with Crippen molar-refractivity contribution >= 4 is 11.9 Å². The van der Waals surface area contributed by atoms with Gasteiger partial charge in [0.1, 0.15) is 0 Å². The van der Waals surface area contributed by atoms with Gasteiger partial charge in [-0.05, 0) is 31.1 Å². The number of aliphatic hydroxyl groups is 1. The number of hydrogen-bond donors (Lipinski definition) is 3. The Morgan fingerprint density at radius 3 is 2.37 bits per heavy atom. The van der Waals surface area contributed by atoms with Crippen LogP contribution in [0.4, 0.5) is 0 Å². The zero-order chi connectivity index (χ0) is 14.6. The number of carbonyl (C=O) groups is 2. The average Bonchev–Trinajstić information content (AvgIpc) is 2.67. The SMILES string of the molecule is CC(C)CC(O)CNC(=O)C1CC(C)CC1C(=O)O. The Morgan fingerprint density at radius 1 is 1.26 bits per heavy atom. The summed E-state index contributed by atoms with van der Waals surface area (Å²) in [7, 11) is 0. The Bertz CT molecular complexity index is 329. The number of aliphatic carboxylic acids is 1. The van der Waals surface area contributed by atoms with Crippen LogP contribution >= 0.6 is 0 Å². The maximum atomic E-state index is 12.0. The summed E-state index contributed by atoms with van der Waals surface area (Å²) in [5.41, 5.74) is 0. The van der Waals surface area contributed by atoms with E-state index in [1.54, 1.807) is 0 Å². The molecule has 19 heavy (non-hydrogen) atoms. The van der Waals surface area contributed by atoms with Gasteiger partial charge in [-0.15, -0.1) is 0 Å². The molecule has 1 amide bonds. The first-order valence-corrected chi connectivity index (χ1v) is 6.99. The predicted molar refractivity (Wildman–Crippen MR) is 71.5 cm³/mol. The third-order valence-electron chi connectivity index (χ3n) is 3.71. The average molecular weight is 271 g/mol.